The maximum absolute atomic E-state index is 6.59. The molecule has 0 heterocycles. The first-order valence-electron chi connectivity index (χ1n) is 7.32. The Kier molecular flexibility index (Phi) is 3.15. The van der Waals surface area contributed by atoms with Gasteiger partial charge in [0.05, 0.1) is 6.10 Å². The van der Waals surface area contributed by atoms with Gasteiger partial charge in [-0.3, -0.25) is 0 Å². The van der Waals surface area contributed by atoms with Gasteiger partial charge in [-0.05, 0) is 53.8 Å². The minimum absolute atomic E-state index is 0.295. The van der Waals surface area contributed by atoms with Gasteiger partial charge in [0.25, 0.3) is 0 Å². The van der Waals surface area contributed by atoms with Gasteiger partial charge in [0.1, 0.15) is 0 Å². The third-order valence-electron chi connectivity index (χ3n) is 5.94. The third kappa shape index (κ3) is 2.22. The van der Waals surface area contributed by atoms with Crippen molar-refractivity contribution < 1.29 is 4.43 Å². The smallest absolute Gasteiger partial charge is 0.192 e. The molecule has 0 unspecified atom stereocenters. The highest BCUT2D eigenvalue weighted by molar-refractivity contribution is 6.74. The van der Waals surface area contributed by atoms with Crippen molar-refractivity contribution in [3.8, 4) is 0 Å². The van der Waals surface area contributed by atoms with Gasteiger partial charge in [-0.1, -0.05) is 41.2 Å². The van der Waals surface area contributed by atoms with Crippen LogP contribution in [0.5, 0.6) is 0 Å². The van der Waals surface area contributed by atoms with E-state index >= 15 is 0 Å². The van der Waals surface area contributed by atoms with Crippen LogP contribution in [0, 0.1) is 17.3 Å². The second-order valence-electron chi connectivity index (χ2n) is 8.50. The van der Waals surface area contributed by atoms with Gasteiger partial charge in [0, 0.05) is 0 Å². The Morgan fingerprint density at radius 2 is 1.78 bits per heavy atom. The Balaban J connectivity index is 2.05. The fourth-order valence-electron chi connectivity index (χ4n) is 3.21. The molecule has 0 aromatic carbocycles. The van der Waals surface area contributed by atoms with E-state index in [1.54, 1.807) is 0 Å². The van der Waals surface area contributed by atoms with Crippen LogP contribution in [0.4, 0.5) is 0 Å². The molecule has 2 aliphatic carbocycles. The lowest BCUT2D eigenvalue weighted by molar-refractivity contribution is 0.177. The van der Waals surface area contributed by atoms with Crippen molar-refractivity contribution in [3.63, 3.8) is 0 Å². The van der Waals surface area contributed by atoms with E-state index in [1.165, 1.54) is 18.4 Å². The summed E-state index contributed by atoms with van der Waals surface area (Å²) in [5, 5.41) is 0.295. The van der Waals surface area contributed by atoms with E-state index in [9.17, 15) is 0 Å². The van der Waals surface area contributed by atoms with Gasteiger partial charge in [-0.25, -0.2) is 0 Å². The van der Waals surface area contributed by atoms with Gasteiger partial charge >= 0.3 is 0 Å². The van der Waals surface area contributed by atoms with E-state index in [1.807, 2.05) is 0 Å². The minimum atomic E-state index is -1.65. The summed E-state index contributed by atoms with van der Waals surface area (Å²) < 4.78 is 6.59. The largest absolute Gasteiger partial charge is 0.410 e. The Morgan fingerprint density at radius 3 is 2.28 bits per heavy atom. The molecular formula is C16H30OSi. The first-order chi connectivity index (χ1) is 7.97. The summed E-state index contributed by atoms with van der Waals surface area (Å²) in [4.78, 5) is 0. The van der Waals surface area contributed by atoms with E-state index in [4.69, 9.17) is 4.43 Å². The highest BCUT2D eigenvalue weighted by Crippen LogP contribution is 2.66. The molecule has 18 heavy (non-hydrogen) atoms. The lowest BCUT2D eigenvalue weighted by Gasteiger charge is -2.40. The SMILES string of the molecule is C=C1C[C@H]2[C@H](C[C@H]1O[Si](C)(C)C(C)(C)C)C2(C)C. The van der Waals surface area contributed by atoms with Crippen LogP contribution >= 0.6 is 0 Å². The summed E-state index contributed by atoms with van der Waals surface area (Å²) in [5.41, 5.74) is 1.89. The normalized spacial score (nSPS) is 35.3. The van der Waals surface area contributed by atoms with Crippen molar-refractivity contribution in [3.05, 3.63) is 12.2 Å². The number of hydrogen-bond donors (Lipinski definition) is 0. The van der Waals surface area contributed by atoms with Gasteiger partial charge in [0.15, 0.2) is 8.32 Å². The molecule has 2 aliphatic rings. The zero-order valence-electron chi connectivity index (χ0n) is 13.3. The van der Waals surface area contributed by atoms with Crippen LogP contribution in [0.15, 0.2) is 12.2 Å². The molecule has 2 saturated carbocycles. The highest BCUT2D eigenvalue weighted by Gasteiger charge is 2.60. The lowest BCUT2D eigenvalue weighted by Crippen LogP contribution is -2.45. The average molecular weight is 267 g/mol. The molecule has 0 N–H and O–H groups in total. The van der Waals surface area contributed by atoms with Crippen molar-refractivity contribution in [2.45, 2.75) is 71.7 Å². The minimum Gasteiger partial charge on any atom is -0.410 e. The summed E-state index contributed by atoms with van der Waals surface area (Å²) in [5.74, 6) is 1.75. The average Bonchev–Trinajstić information content (AvgIpc) is 2.67. The molecule has 3 atom stereocenters. The Hall–Kier alpha value is -0.0831. The van der Waals surface area contributed by atoms with Crippen LogP contribution in [0.2, 0.25) is 18.1 Å². The van der Waals surface area contributed by atoms with E-state index in [2.05, 4.69) is 54.3 Å². The molecule has 104 valence electrons. The summed E-state index contributed by atoms with van der Waals surface area (Å²) in [6.07, 6.45) is 2.73. The molecule has 0 aromatic heterocycles. The van der Waals surface area contributed by atoms with Gasteiger partial charge in [-0.15, -0.1) is 0 Å². The highest BCUT2D eigenvalue weighted by atomic mass is 28.4. The molecule has 2 heteroatoms. The number of fused-ring (bicyclic) bond motifs is 1. The third-order valence-corrected chi connectivity index (χ3v) is 10.4. The van der Waals surface area contributed by atoms with Crippen LogP contribution in [0.3, 0.4) is 0 Å². The maximum atomic E-state index is 6.59. The summed E-state index contributed by atoms with van der Waals surface area (Å²) in [6.45, 7) is 20.8. The molecule has 0 radical (unpaired) electrons. The van der Waals surface area contributed by atoms with Crippen LogP contribution in [-0.4, -0.2) is 14.4 Å². The van der Waals surface area contributed by atoms with Crippen LogP contribution in [-0.2, 0) is 4.43 Å². The fourth-order valence-corrected chi connectivity index (χ4v) is 4.53. The topological polar surface area (TPSA) is 9.23 Å². The monoisotopic (exact) mass is 266 g/mol. The van der Waals surface area contributed by atoms with E-state index < -0.39 is 8.32 Å². The molecule has 0 saturated heterocycles. The van der Waals surface area contributed by atoms with Gasteiger partial charge in [-0.2, -0.15) is 0 Å². The zero-order valence-corrected chi connectivity index (χ0v) is 14.3. The van der Waals surface area contributed by atoms with Gasteiger partial charge in [0.2, 0.25) is 0 Å². The lowest BCUT2D eigenvalue weighted by atomic mass is 9.94. The van der Waals surface area contributed by atoms with Gasteiger partial charge < -0.3 is 4.43 Å². The summed E-state index contributed by atoms with van der Waals surface area (Å²) >= 11 is 0. The Labute approximate surface area is 114 Å². The second-order valence-corrected chi connectivity index (χ2v) is 13.3. The van der Waals surface area contributed by atoms with E-state index in [0.29, 0.717) is 16.6 Å². The number of hydrogen-bond acceptors (Lipinski definition) is 1. The molecule has 0 aromatic rings. The van der Waals surface area contributed by atoms with Crippen molar-refractivity contribution in [2.24, 2.45) is 17.3 Å². The Morgan fingerprint density at radius 1 is 1.22 bits per heavy atom. The first-order valence-corrected chi connectivity index (χ1v) is 10.2. The molecule has 0 amide bonds. The van der Waals surface area contributed by atoms with Crippen molar-refractivity contribution >= 4 is 8.32 Å². The van der Waals surface area contributed by atoms with Crippen molar-refractivity contribution in [1.29, 1.82) is 0 Å². The quantitative estimate of drug-likeness (QED) is 0.505. The zero-order chi connectivity index (χ0) is 13.9. The summed E-state index contributed by atoms with van der Waals surface area (Å²) in [6, 6.07) is 0. The van der Waals surface area contributed by atoms with Crippen molar-refractivity contribution in [1.82, 2.24) is 0 Å². The standard InChI is InChI=1S/C16H30OSi/c1-11-9-12-13(16(12,5)6)10-14(11)17-18(7,8)15(2,3)4/h12-14H,1,9-10H2,2-8H3/t12-,13-,14+/m0/s1. The predicted molar refractivity (Wildman–Crippen MR) is 81.2 cm³/mol. The van der Waals surface area contributed by atoms with E-state index in [0.717, 1.165) is 11.8 Å². The fraction of sp³-hybridized carbons (Fsp3) is 0.875. The molecular weight excluding hydrogens is 236 g/mol. The Bertz CT molecular complexity index is 362. The molecule has 0 spiro atoms. The first kappa shape index (κ1) is 14.3. The van der Waals surface area contributed by atoms with Crippen LogP contribution in [0.25, 0.3) is 0 Å². The number of rotatable bonds is 2. The maximum Gasteiger partial charge on any atom is 0.192 e. The molecule has 2 fully saturated rings. The van der Waals surface area contributed by atoms with Crippen LogP contribution in [0.1, 0.15) is 47.5 Å². The predicted octanol–water partition coefficient (Wildman–Crippen LogP) is 5.00. The molecule has 0 aliphatic heterocycles. The second kappa shape index (κ2) is 3.96. The van der Waals surface area contributed by atoms with E-state index in [-0.39, 0.29) is 0 Å². The van der Waals surface area contributed by atoms with Crippen molar-refractivity contribution in [2.75, 3.05) is 0 Å². The molecule has 2 rings (SSSR count). The molecule has 1 nitrogen and oxygen atoms in total. The molecule has 0 bridgehead atoms. The summed E-state index contributed by atoms with van der Waals surface area (Å²) in [7, 11) is -1.65. The van der Waals surface area contributed by atoms with Crippen LogP contribution < -0.4 is 0 Å².